The standard InChI is InChI=1S/C23H33N7O2/c1-23(4-5-23)32-16-2-3-18-17(12-16)22(28-27-18)19-13-20(26-15-25-19)30-9-7-29(8-10-30)14-21-24-6-11-31-21/h6,11,13,15-18,22,27-28H,2-5,7-10,12,14H2,1H3. The molecule has 4 atom stereocenters. The molecule has 6 rings (SSSR count). The number of hydrogen-bond donors (Lipinski definition) is 2. The topological polar surface area (TPSA) is 91.6 Å². The molecule has 0 aromatic carbocycles. The van der Waals surface area contributed by atoms with E-state index in [1.165, 1.54) is 12.8 Å². The summed E-state index contributed by atoms with van der Waals surface area (Å²) >= 11 is 0. The van der Waals surface area contributed by atoms with E-state index in [-0.39, 0.29) is 11.6 Å². The fourth-order valence-electron chi connectivity index (χ4n) is 5.48. The first kappa shape index (κ1) is 20.5. The first-order chi connectivity index (χ1) is 15.7. The Labute approximate surface area is 188 Å². The number of hydrazine groups is 1. The molecule has 9 heteroatoms. The van der Waals surface area contributed by atoms with Crippen molar-refractivity contribution in [2.75, 3.05) is 31.1 Å². The zero-order valence-corrected chi connectivity index (χ0v) is 18.7. The van der Waals surface area contributed by atoms with Crippen LogP contribution in [-0.4, -0.2) is 63.8 Å². The van der Waals surface area contributed by atoms with E-state index in [1.807, 2.05) is 0 Å². The van der Waals surface area contributed by atoms with Crippen LogP contribution in [-0.2, 0) is 11.3 Å². The van der Waals surface area contributed by atoms with Gasteiger partial charge >= 0.3 is 0 Å². The number of oxazole rings is 1. The summed E-state index contributed by atoms with van der Waals surface area (Å²) in [6.45, 7) is 6.82. The monoisotopic (exact) mass is 439 g/mol. The third-order valence-electron chi connectivity index (χ3n) is 7.64. The zero-order chi connectivity index (χ0) is 21.5. The summed E-state index contributed by atoms with van der Waals surface area (Å²) in [6, 6.07) is 2.87. The van der Waals surface area contributed by atoms with Crippen molar-refractivity contribution < 1.29 is 9.15 Å². The quantitative estimate of drug-likeness (QED) is 0.701. The molecule has 0 radical (unpaired) electrons. The van der Waals surface area contributed by atoms with E-state index in [1.54, 1.807) is 18.8 Å². The van der Waals surface area contributed by atoms with Crippen molar-refractivity contribution in [3.05, 3.63) is 36.4 Å². The van der Waals surface area contributed by atoms with Crippen LogP contribution in [0.3, 0.4) is 0 Å². The molecule has 2 aromatic heterocycles. The number of nitrogens with one attached hydrogen (secondary N) is 2. The number of fused-ring (bicyclic) bond motifs is 1. The predicted molar refractivity (Wildman–Crippen MR) is 119 cm³/mol. The Bertz CT molecular complexity index is 911. The van der Waals surface area contributed by atoms with Crippen molar-refractivity contribution in [2.24, 2.45) is 5.92 Å². The maximum atomic E-state index is 6.44. The molecule has 2 aliphatic carbocycles. The first-order valence-electron chi connectivity index (χ1n) is 12.0. The highest BCUT2D eigenvalue weighted by atomic mass is 16.5. The number of rotatable bonds is 6. The molecule has 2 N–H and O–H groups in total. The van der Waals surface area contributed by atoms with Gasteiger partial charge in [0.25, 0.3) is 0 Å². The highest BCUT2D eigenvalue weighted by Gasteiger charge is 2.46. The van der Waals surface area contributed by atoms with Crippen LogP contribution >= 0.6 is 0 Å². The van der Waals surface area contributed by atoms with E-state index in [4.69, 9.17) is 9.15 Å². The van der Waals surface area contributed by atoms with Gasteiger partial charge in [-0.05, 0) is 39.0 Å². The summed E-state index contributed by atoms with van der Waals surface area (Å²) in [5, 5.41) is 0. The van der Waals surface area contributed by atoms with E-state index in [0.29, 0.717) is 18.1 Å². The molecule has 32 heavy (non-hydrogen) atoms. The summed E-state index contributed by atoms with van der Waals surface area (Å²) in [7, 11) is 0. The Morgan fingerprint density at radius 1 is 1.12 bits per heavy atom. The molecule has 2 aromatic rings. The third kappa shape index (κ3) is 4.26. The minimum Gasteiger partial charge on any atom is -0.448 e. The normalized spacial score (nSPS) is 32.1. The van der Waals surface area contributed by atoms with Gasteiger partial charge in [0.15, 0.2) is 0 Å². The van der Waals surface area contributed by atoms with Gasteiger partial charge in [-0.1, -0.05) is 0 Å². The summed E-state index contributed by atoms with van der Waals surface area (Å²) in [4.78, 5) is 18.2. The van der Waals surface area contributed by atoms with Gasteiger partial charge in [-0.3, -0.25) is 10.3 Å². The van der Waals surface area contributed by atoms with Gasteiger partial charge < -0.3 is 14.1 Å². The zero-order valence-electron chi connectivity index (χ0n) is 18.7. The number of hydrogen-bond acceptors (Lipinski definition) is 9. The number of aromatic nitrogens is 3. The molecule has 172 valence electrons. The van der Waals surface area contributed by atoms with Crippen LogP contribution in [0.5, 0.6) is 0 Å². The fourth-order valence-corrected chi connectivity index (χ4v) is 5.48. The summed E-state index contributed by atoms with van der Waals surface area (Å²) in [5.74, 6) is 2.30. The Morgan fingerprint density at radius 3 is 2.78 bits per heavy atom. The van der Waals surface area contributed by atoms with Crippen molar-refractivity contribution in [1.82, 2.24) is 30.7 Å². The number of ether oxygens (including phenoxy) is 1. The lowest BCUT2D eigenvalue weighted by molar-refractivity contribution is -0.0500. The molecule has 0 spiro atoms. The van der Waals surface area contributed by atoms with Crippen LogP contribution in [0.25, 0.3) is 0 Å². The van der Waals surface area contributed by atoms with Crippen molar-refractivity contribution >= 4 is 5.82 Å². The fraction of sp³-hybridized carbons (Fsp3) is 0.696. The summed E-state index contributed by atoms with van der Waals surface area (Å²) in [5.41, 5.74) is 8.29. The molecule has 0 amide bonds. The average molecular weight is 440 g/mol. The minimum absolute atomic E-state index is 0.143. The first-order valence-corrected chi connectivity index (χ1v) is 12.0. The number of nitrogens with zero attached hydrogens (tertiary/aromatic N) is 5. The van der Waals surface area contributed by atoms with Crippen LogP contribution in [0.1, 0.15) is 56.7 Å². The van der Waals surface area contributed by atoms with E-state index < -0.39 is 0 Å². The molecular formula is C23H33N7O2. The maximum Gasteiger partial charge on any atom is 0.208 e. The molecule has 4 aliphatic rings. The van der Waals surface area contributed by atoms with Crippen LogP contribution in [0.4, 0.5) is 5.82 Å². The lowest BCUT2D eigenvalue weighted by atomic mass is 9.79. The summed E-state index contributed by atoms with van der Waals surface area (Å²) in [6.07, 6.45) is 11.2. The van der Waals surface area contributed by atoms with Crippen LogP contribution in [0.15, 0.2) is 29.3 Å². The Balaban J connectivity index is 1.10. The van der Waals surface area contributed by atoms with Crippen molar-refractivity contribution in [3.63, 3.8) is 0 Å². The Kier molecular flexibility index (Phi) is 5.37. The van der Waals surface area contributed by atoms with Crippen LogP contribution in [0.2, 0.25) is 0 Å². The lowest BCUT2D eigenvalue weighted by Crippen LogP contribution is -2.46. The van der Waals surface area contributed by atoms with Gasteiger partial charge in [0.2, 0.25) is 5.89 Å². The van der Waals surface area contributed by atoms with Gasteiger partial charge in [-0.15, -0.1) is 0 Å². The second-order valence-electron chi connectivity index (χ2n) is 10.0. The molecule has 4 unspecified atom stereocenters. The second-order valence-corrected chi connectivity index (χ2v) is 10.0. The third-order valence-corrected chi connectivity index (χ3v) is 7.64. The van der Waals surface area contributed by atoms with Crippen LogP contribution in [0, 0.1) is 5.92 Å². The highest BCUT2D eigenvalue weighted by Crippen LogP contribution is 2.45. The van der Waals surface area contributed by atoms with Gasteiger partial charge in [0.05, 0.1) is 36.2 Å². The van der Waals surface area contributed by atoms with E-state index in [2.05, 4.69) is 48.6 Å². The van der Waals surface area contributed by atoms with Gasteiger partial charge in [-0.2, -0.15) is 0 Å². The molecule has 0 bridgehead atoms. The molecule has 2 saturated heterocycles. The molecule has 2 saturated carbocycles. The SMILES string of the molecule is CC1(OC2CCC3NNC(c4cc(N5CCN(Cc6ncco6)CC5)ncn4)C3C2)CC1. The van der Waals surface area contributed by atoms with Crippen molar-refractivity contribution in [2.45, 2.75) is 69.4 Å². The minimum atomic E-state index is 0.143. The van der Waals surface area contributed by atoms with Gasteiger partial charge in [0.1, 0.15) is 18.4 Å². The molecule has 9 nitrogen and oxygen atoms in total. The maximum absolute atomic E-state index is 6.44. The molecule has 4 fully saturated rings. The molecule has 2 aliphatic heterocycles. The molecule has 4 heterocycles. The summed E-state index contributed by atoms with van der Waals surface area (Å²) < 4.78 is 11.8. The van der Waals surface area contributed by atoms with E-state index >= 15 is 0 Å². The smallest absolute Gasteiger partial charge is 0.208 e. The predicted octanol–water partition coefficient (Wildman–Crippen LogP) is 2.04. The van der Waals surface area contributed by atoms with Crippen molar-refractivity contribution in [3.8, 4) is 0 Å². The van der Waals surface area contributed by atoms with E-state index in [9.17, 15) is 0 Å². The van der Waals surface area contributed by atoms with Gasteiger partial charge in [0, 0.05) is 44.2 Å². The Hall–Kier alpha value is -2.07. The molecular weight excluding hydrogens is 406 g/mol. The highest BCUT2D eigenvalue weighted by molar-refractivity contribution is 5.40. The van der Waals surface area contributed by atoms with Crippen LogP contribution < -0.4 is 15.8 Å². The number of anilines is 1. The average Bonchev–Trinajstić information content (AvgIpc) is 3.18. The largest absolute Gasteiger partial charge is 0.448 e. The Morgan fingerprint density at radius 2 is 2.00 bits per heavy atom. The van der Waals surface area contributed by atoms with Crippen molar-refractivity contribution in [1.29, 1.82) is 0 Å². The number of piperazine rings is 1. The lowest BCUT2D eigenvalue weighted by Gasteiger charge is -2.35. The second kappa shape index (κ2) is 8.37. The van der Waals surface area contributed by atoms with Gasteiger partial charge in [-0.25, -0.2) is 20.4 Å². The van der Waals surface area contributed by atoms with E-state index in [0.717, 1.165) is 69.4 Å².